The fourth-order valence-electron chi connectivity index (χ4n) is 2.67. The van der Waals surface area contributed by atoms with E-state index >= 15 is 0 Å². The molecule has 2 aromatic rings. The summed E-state index contributed by atoms with van der Waals surface area (Å²) in [6.07, 6.45) is 0. The molecule has 0 aromatic heterocycles. The number of anilines is 1. The molecule has 0 unspecified atom stereocenters. The molecule has 1 amide bonds. The summed E-state index contributed by atoms with van der Waals surface area (Å²) in [6.45, 7) is 4.18. The van der Waals surface area contributed by atoms with E-state index in [-0.39, 0.29) is 18.3 Å². The third-order valence-electron chi connectivity index (χ3n) is 3.99. The highest BCUT2D eigenvalue weighted by atomic mass is 19.1. The largest absolute Gasteiger partial charge is 0.486 e. The monoisotopic (exact) mass is 344 g/mol. The van der Waals surface area contributed by atoms with Crippen molar-refractivity contribution in [2.24, 2.45) is 0 Å². The number of halogens is 1. The maximum absolute atomic E-state index is 13.8. The summed E-state index contributed by atoms with van der Waals surface area (Å²) in [6, 6.07) is 11.9. The third-order valence-corrected chi connectivity index (χ3v) is 3.99. The first-order valence-electron chi connectivity index (χ1n) is 8.31. The van der Waals surface area contributed by atoms with Crippen LogP contribution in [0.15, 0.2) is 42.5 Å². The second-order valence-corrected chi connectivity index (χ2v) is 5.80. The minimum atomic E-state index is -0.256. The quantitative estimate of drug-likeness (QED) is 0.875. The van der Waals surface area contributed by atoms with E-state index in [1.165, 1.54) is 6.07 Å². The van der Waals surface area contributed by atoms with Crippen molar-refractivity contribution in [1.29, 1.82) is 0 Å². The Morgan fingerprint density at radius 3 is 2.68 bits per heavy atom. The first kappa shape index (κ1) is 17.2. The molecule has 0 spiro atoms. The summed E-state index contributed by atoms with van der Waals surface area (Å²) in [5.74, 6) is 0.893. The van der Waals surface area contributed by atoms with Crippen LogP contribution in [0.5, 0.6) is 11.5 Å². The molecule has 25 heavy (non-hydrogen) atoms. The molecule has 6 heteroatoms. The number of benzene rings is 2. The predicted molar refractivity (Wildman–Crippen MR) is 93.4 cm³/mol. The van der Waals surface area contributed by atoms with Crippen molar-refractivity contribution in [2.45, 2.75) is 13.5 Å². The van der Waals surface area contributed by atoms with Crippen molar-refractivity contribution >= 4 is 11.6 Å². The van der Waals surface area contributed by atoms with E-state index < -0.39 is 0 Å². The number of nitrogens with one attached hydrogen (secondary N) is 1. The van der Waals surface area contributed by atoms with Gasteiger partial charge in [0.05, 0.1) is 6.54 Å². The molecule has 1 heterocycles. The molecule has 5 nitrogen and oxygen atoms in total. The van der Waals surface area contributed by atoms with E-state index in [2.05, 4.69) is 5.32 Å². The molecule has 1 aliphatic rings. The lowest BCUT2D eigenvalue weighted by Crippen LogP contribution is -2.33. The van der Waals surface area contributed by atoms with Crippen LogP contribution in [0, 0.1) is 5.82 Å². The van der Waals surface area contributed by atoms with Crippen LogP contribution in [-0.4, -0.2) is 37.1 Å². The predicted octanol–water partition coefficient (Wildman–Crippen LogP) is 3.06. The maximum atomic E-state index is 13.8. The third kappa shape index (κ3) is 4.48. The van der Waals surface area contributed by atoms with Gasteiger partial charge < -0.3 is 14.8 Å². The number of carbonyl (C=O) groups excluding carboxylic acids is 1. The molecule has 132 valence electrons. The van der Waals surface area contributed by atoms with E-state index in [0.717, 1.165) is 0 Å². The summed E-state index contributed by atoms with van der Waals surface area (Å²) in [4.78, 5) is 14.2. The first-order valence-corrected chi connectivity index (χ1v) is 8.31. The normalized spacial score (nSPS) is 12.9. The molecule has 1 N–H and O–H groups in total. The maximum Gasteiger partial charge on any atom is 0.238 e. The van der Waals surface area contributed by atoms with Gasteiger partial charge in [0, 0.05) is 23.9 Å². The van der Waals surface area contributed by atoms with Crippen LogP contribution >= 0.6 is 0 Å². The number of ether oxygens (including phenoxy) is 2. The summed E-state index contributed by atoms with van der Waals surface area (Å²) < 4.78 is 24.8. The zero-order valence-corrected chi connectivity index (χ0v) is 14.1. The minimum Gasteiger partial charge on any atom is -0.486 e. The van der Waals surface area contributed by atoms with E-state index in [4.69, 9.17) is 9.47 Å². The molecular formula is C19H21FN2O3. The summed E-state index contributed by atoms with van der Waals surface area (Å²) in [5.41, 5.74) is 1.23. The summed E-state index contributed by atoms with van der Waals surface area (Å²) >= 11 is 0. The lowest BCUT2D eigenvalue weighted by molar-refractivity contribution is -0.117. The molecule has 0 saturated carbocycles. The Kier molecular flexibility index (Phi) is 5.50. The van der Waals surface area contributed by atoms with Crippen LogP contribution in [0.2, 0.25) is 0 Å². The van der Waals surface area contributed by atoms with Crippen molar-refractivity contribution in [2.75, 3.05) is 31.6 Å². The molecule has 2 aromatic carbocycles. The molecule has 0 radical (unpaired) electrons. The molecule has 0 saturated heterocycles. The number of rotatable bonds is 6. The van der Waals surface area contributed by atoms with Gasteiger partial charge in [-0.3, -0.25) is 9.69 Å². The molecule has 0 aliphatic carbocycles. The van der Waals surface area contributed by atoms with Gasteiger partial charge >= 0.3 is 0 Å². The van der Waals surface area contributed by atoms with Gasteiger partial charge in [0.1, 0.15) is 19.0 Å². The molecule has 3 rings (SSSR count). The standard InChI is InChI=1S/C19H21FN2O3/c1-2-22(12-14-5-3-4-6-16(14)20)13-19(23)21-15-7-8-17-18(11-15)25-10-9-24-17/h3-8,11H,2,9-10,12-13H2,1H3,(H,21,23). The molecule has 0 bridgehead atoms. The van der Waals surface area contributed by atoms with Gasteiger partial charge in [-0.15, -0.1) is 0 Å². The fourth-order valence-corrected chi connectivity index (χ4v) is 2.67. The number of nitrogens with zero attached hydrogens (tertiary/aromatic N) is 1. The van der Waals surface area contributed by atoms with Gasteiger partial charge in [-0.1, -0.05) is 25.1 Å². The zero-order valence-electron chi connectivity index (χ0n) is 14.1. The van der Waals surface area contributed by atoms with Crippen molar-refractivity contribution in [1.82, 2.24) is 4.90 Å². The Morgan fingerprint density at radius 1 is 1.16 bits per heavy atom. The van der Waals surface area contributed by atoms with Gasteiger partial charge in [-0.05, 0) is 24.7 Å². The van der Waals surface area contributed by atoms with E-state index in [9.17, 15) is 9.18 Å². The minimum absolute atomic E-state index is 0.158. The van der Waals surface area contributed by atoms with Crippen molar-refractivity contribution < 1.29 is 18.7 Å². The van der Waals surface area contributed by atoms with Gasteiger partial charge in [0.2, 0.25) is 5.91 Å². The molecular weight excluding hydrogens is 323 g/mol. The topological polar surface area (TPSA) is 50.8 Å². The Labute approximate surface area is 146 Å². The zero-order chi connectivity index (χ0) is 17.6. The fraction of sp³-hybridized carbons (Fsp3) is 0.316. The van der Waals surface area contributed by atoms with E-state index in [0.29, 0.717) is 49.1 Å². The van der Waals surface area contributed by atoms with Crippen molar-refractivity contribution in [3.63, 3.8) is 0 Å². The highest BCUT2D eigenvalue weighted by Crippen LogP contribution is 2.32. The summed E-state index contributed by atoms with van der Waals surface area (Å²) in [7, 11) is 0. The van der Waals surface area contributed by atoms with Crippen LogP contribution in [0.25, 0.3) is 0 Å². The average Bonchev–Trinajstić information content (AvgIpc) is 2.62. The Balaban J connectivity index is 1.60. The van der Waals surface area contributed by atoms with Crippen LogP contribution in [0.4, 0.5) is 10.1 Å². The van der Waals surface area contributed by atoms with Gasteiger partial charge in [0.25, 0.3) is 0 Å². The molecule has 0 fully saturated rings. The highest BCUT2D eigenvalue weighted by Gasteiger charge is 2.15. The lowest BCUT2D eigenvalue weighted by Gasteiger charge is -2.21. The highest BCUT2D eigenvalue weighted by molar-refractivity contribution is 5.92. The summed E-state index contributed by atoms with van der Waals surface area (Å²) in [5, 5.41) is 2.85. The van der Waals surface area contributed by atoms with Crippen LogP contribution in [0.3, 0.4) is 0 Å². The van der Waals surface area contributed by atoms with E-state index in [1.807, 2.05) is 11.8 Å². The average molecular weight is 344 g/mol. The van der Waals surface area contributed by atoms with Gasteiger partial charge in [-0.25, -0.2) is 4.39 Å². The lowest BCUT2D eigenvalue weighted by atomic mass is 10.2. The molecule has 0 atom stereocenters. The van der Waals surface area contributed by atoms with Gasteiger partial charge in [0.15, 0.2) is 11.5 Å². The van der Waals surface area contributed by atoms with E-state index in [1.54, 1.807) is 36.4 Å². The van der Waals surface area contributed by atoms with Crippen molar-refractivity contribution in [3.05, 3.63) is 53.8 Å². The van der Waals surface area contributed by atoms with Crippen LogP contribution < -0.4 is 14.8 Å². The Morgan fingerprint density at radius 2 is 1.92 bits per heavy atom. The molecule has 1 aliphatic heterocycles. The number of hydrogen-bond acceptors (Lipinski definition) is 4. The van der Waals surface area contributed by atoms with Crippen LogP contribution in [0.1, 0.15) is 12.5 Å². The number of hydrogen-bond donors (Lipinski definition) is 1. The Bertz CT molecular complexity index is 751. The second-order valence-electron chi connectivity index (χ2n) is 5.80. The SMILES string of the molecule is CCN(CC(=O)Nc1ccc2c(c1)OCCO2)Cc1ccccc1F. The van der Waals surface area contributed by atoms with Crippen LogP contribution in [-0.2, 0) is 11.3 Å². The number of amides is 1. The number of carbonyl (C=O) groups is 1. The number of fused-ring (bicyclic) bond motifs is 1. The van der Waals surface area contributed by atoms with Gasteiger partial charge in [-0.2, -0.15) is 0 Å². The number of likely N-dealkylation sites (N-methyl/N-ethyl adjacent to an activating group) is 1. The smallest absolute Gasteiger partial charge is 0.238 e. The van der Waals surface area contributed by atoms with Crippen molar-refractivity contribution in [3.8, 4) is 11.5 Å². The first-order chi connectivity index (χ1) is 12.2. The second kappa shape index (κ2) is 7.98. The Hall–Kier alpha value is -2.60.